The van der Waals surface area contributed by atoms with Gasteiger partial charge < -0.3 is 9.84 Å². The second-order valence-corrected chi connectivity index (χ2v) is 6.00. The van der Waals surface area contributed by atoms with Crippen LogP contribution in [-0.4, -0.2) is 30.8 Å². The molecule has 24 heavy (non-hydrogen) atoms. The first kappa shape index (κ1) is 16.3. The van der Waals surface area contributed by atoms with Crippen LogP contribution in [0.25, 0.3) is 0 Å². The van der Waals surface area contributed by atoms with Gasteiger partial charge in [0.2, 0.25) is 0 Å². The molecule has 3 rings (SSSR count). The number of aromatic nitrogens is 5. The molecule has 0 saturated carbocycles. The molecule has 8 nitrogen and oxygen atoms in total. The standard InChI is InChI=1S/C15H15BrN6O2/c1-9-13(16)10(2)22(20-9)8-12-19-15(24-21-12)14(23)18-7-11-4-3-5-17-6-11/h3-6H,7-8H2,1-2H3,(H,18,23). The zero-order valence-electron chi connectivity index (χ0n) is 13.2. The summed E-state index contributed by atoms with van der Waals surface area (Å²) in [6.45, 7) is 4.51. The number of halogens is 1. The maximum absolute atomic E-state index is 12.1. The molecule has 0 radical (unpaired) electrons. The van der Waals surface area contributed by atoms with Crippen LogP contribution >= 0.6 is 15.9 Å². The molecular formula is C15H15BrN6O2. The van der Waals surface area contributed by atoms with Crippen LogP contribution in [0.15, 0.2) is 33.5 Å². The molecule has 0 aromatic carbocycles. The van der Waals surface area contributed by atoms with Crippen LogP contribution in [0, 0.1) is 13.8 Å². The predicted octanol–water partition coefficient (Wildman–Crippen LogP) is 2.02. The number of hydrogen-bond acceptors (Lipinski definition) is 6. The van der Waals surface area contributed by atoms with E-state index in [1.54, 1.807) is 23.1 Å². The topological polar surface area (TPSA) is 98.7 Å². The first-order valence-electron chi connectivity index (χ1n) is 7.24. The summed E-state index contributed by atoms with van der Waals surface area (Å²) in [5, 5.41) is 10.9. The maximum atomic E-state index is 12.1. The van der Waals surface area contributed by atoms with E-state index in [1.165, 1.54) is 0 Å². The third kappa shape index (κ3) is 3.51. The Morgan fingerprint density at radius 2 is 2.25 bits per heavy atom. The summed E-state index contributed by atoms with van der Waals surface area (Å²) in [6, 6.07) is 3.67. The number of carbonyl (C=O) groups is 1. The van der Waals surface area contributed by atoms with Crippen LogP contribution in [0.1, 0.15) is 33.5 Å². The Bertz CT molecular complexity index is 858. The van der Waals surface area contributed by atoms with Gasteiger partial charge in [-0.05, 0) is 41.4 Å². The highest BCUT2D eigenvalue weighted by atomic mass is 79.9. The predicted molar refractivity (Wildman–Crippen MR) is 88.2 cm³/mol. The second kappa shape index (κ2) is 6.91. The van der Waals surface area contributed by atoms with Crippen LogP contribution in [0.5, 0.6) is 0 Å². The summed E-state index contributed by atoms with van der Waals surface area (Å²) in [7, 11) is 0. The van der Waals surface area contributed by atoms with Gasteiger partial charge in [-0.15, -0.1) is 0 Å². The van der Waals surface area contributed by atoms with Crippen LogP contribution in [-0.2, 0) is 13.1 Å². The fourth-order valence-electron chi connectivity index (χ4n) is 2.13. The molecule has 0 spiro atoms. The summed E-state index contributed by atoms with van der Waals surface area (Å²) in [4.78, 5) is 20.2. The summed E-state index contributed by atoms with van der Waals surface area (Å²) >= 11 is 3.47. The van der Waals surface area contributed by atoms with Gasteiger partial charge >= 0.3 is 11.8 Å². The summed E-state index contributed by atoms with van der Waals surface area (Å²) in [5.41, 5.74) is 2.73. The van der Waals surface area contributed by atoms with Gasteiger partial charge in [0.15, 0.2) is 5.82 Å². The zero-order valence-corrected chi connectivity index (χ0v) is 14.7. The van der Waals surface area contributed by atoms with Crippen molar-refractivity contribution in [2.45, 2.75) is 26.9 Å². The fraction of sp³-hybridized carbons (Fsp3) is 0.267. The number of carbonyl (C=O) groups excluding carboxylic acids is 1. The van der Waals surface area contributed by atoms with Crippen molar-refractivity contribution < 1.29 is 9.32 Å². The van der Waals surface area contributed by atoms with Gasteiger partial charge in [0.1, 0.15) is 6.54 Å². The highest BCUT2D eigenvalue weighted by molar-refractivity contribution is 9.10. The van der Waals surface area contributed by atoms with Crippen molar-refractivity contribution in [3.8, 4) is 0 Å². The van der Waals surface area contributed by atoms with Crippen molar-refractivity contribution in [1.82, 2.24) is 30.2 Å². The number of nitrogens with one attached hydrogen (secondary N) is 1. The molecule has 0 aliphatic heterocycles. The fourth-order valence-corrected chi connectivity index (χ4v) is 2.42. The third-order valence-corrected chi connectivity index (χ3v) is 4.57. The van der Waals surface area contributed by atoms with E-state index in [9.17, 15) is 4.79 Å². The summed E-state index contributed by atoms with van der Waals surface area (Å²) < 4.78 is 7.72. The Morgan fingerprint density at radius 1 is 1.42 bits per heavy atom. The minimum Gasteiger partial charge on any atom is -0.344 e. The first-order chi connectivity index (χ1) is 11.5. The highest BCUT2D eigenvalue weighted by Crippen LogP contribution is 2.20. The van der Waals surface area contributed by atoms with Gasteiger partial charge in [0.25, 0.3) is 0 Å². The normalized spacial score (nSPS) is 10.8. The molecule has 124 valence electrons. The Balaban J connectivity index is 1.64. The molecule has 0 bridgehead atoms. The van der Waals surface area contributed by atoms with Gasteiger partial charge in [-0.25, -0.2) is 0 Å². The molecule has 0 saturated heterocycles. The van der Waals surface area contributed by atoms with E-state index in [0.717, 1.165) is 21.4 Å². The molecule has 0 fully saturated rings. The Morgan fingerprint density at radius 3 is 2.92 bits per heavy atom. The number of aryl methyl sites for hydroxylation is 1. The van der Waals surface area contributed by atoms with Gasteiger partial charge in [0, 0.05) is 18.9 Å². The van der Waals surface area contributed by atoms with Crippen molar-refractivity contribution in [2.75, 3.05) is 0 Å². The smallest absolute Gasteiger partial charge is 0.316 e. The Kier molecular flexibility index (Phi) is 4.70. The molecule has 0 aliphatic carbocycles. The number of amides is 1. The van der Waals surface area contributed by atoms with E-state index in [1.807, 2.05) is 19.9 Å². The van der Waals surface area contributed by atoms with E-state index < -0.39 is 5.91 Å². The molecular weight excluding hydrogens is 376 g/mol. The average Bonchev–Trinajstić information content (AvgIpc) is 3.15. The lowest BCUT2D eigenvalue weighted by atomic mass is 10.3. The molecule has 0 atom stereocenters. The summed E-state index contributed by atoms with van der Waals surface area (Å²) in [6.07, 6.45) is 3.35. The van der Waals surface area contributed by atoms with E-state index in [-0.39, 0.29) is 5.89 Å². The molecule has 1 N–H and O–H groups in total. The van der Waals surface area contributed by atoms with Crippen LogP contribution in [0.2, 0.25) is 0 Å². The molecule has 3 aromatic rings. The lowest BCUT2D eigenvalue weighted by Gasteiger charge is -2.01. The van der Waals surface area contributed by atoms with Crippen LogP contribution in [0.3, 0.4) is 0 Å². The van der Waals surface area contributed by atoms with Crippen molar-refractivity contribution in [2.24, 2.45) is 0 Å². The Labute approximate surface area is 146 Å². The number of rotatable bonds is 5. The van der Waals surface area contributed by atoms with Crippen molar-refractivity contribution in [1.29, 1.82) is 0 Å². The molecule has 9 heteroatoms. The largest absolute Gasteiger partial charge is 0.344 e. The molecule has 3 heterocycles. The van der Waals surface area contributed by atoms with Gasteiger partial charge in [-0.3, -0.25) is 14.5 Å². The zero-order chi connectivity index (χ0) is 17.1. The monoisotopic (exact) mass is 390 g/mol. The van der Waals surface area contributed by atoms with Gasteiger partial charge in [-0.1, -0.05) is 11.2 Å². The number of nitrogens with zero attached hydrogens (tertiary/aromatic N) is 5. The molecule has 3 aromatic heterocycles. The van der Waals surface area contributed by atoms with E-state index >= 15 is 0 Å². The highest BCUT2D eigenvalue weighted by Gasteiger charge is 2.17. The minimum absolute atomic E-state index is 0.0745. The molecule has 0 unspecified atom stereocenters. The van der Waals surface area contributed by atoms with Gasteiger partial charge in [0.05, 0.1) is 15.9 Å². The van der Waals surface area contributed by atoms with E-state index in [2.05, 4.69) is 41.5 Å². The number of pyridine rings is 1. The Hall–Kier alpha value is -2.55. The lowest BCUT2D eigenvalue weighted by molar-refractivity contribution is 0.0907. The average molecular weight is 391 g/mol. The molecule has 1 amide bonds. The number of hydrogen-bond donors (Lipinski definition) is 1. The van der Waals surface area contributed by atoms with E-state index in [0.29, 0.717) is 18.9 Å². The SMILES string of the molecule is Cc1nn(Cc2noc(C(=O)NCc3cccnc3)n2)c(C)c1Br. The molecule has 0 aliphatic rings. The van der Waals surface area contributed by atoms with Crippen molar-refractivity contribution in [3.05, 3.63) is 57.7 Å². The van der Waals surface area contributed by atoms with E-state index in [4.69, 9.17) is 4.52 Å². The van der Waals surface area contributed by atoms with Gasteiger partial charge in [-0.2, -0.15) is 10.1 Å². The van der Waals surface area contributed by atoms with Crippen molar-refractivity contribution >= 4 is 21.8 Å². The minimum atomic E-state index is -0.424. The lowest BCUT2D eigenvalue weighted by Crippen LogP contribution is -2.23. The third-order valence-electron chi connectivity index (χ3n) is 3.42. The first-order valence-corrected chi connectivity index (χ1v) is 8.03. The van der Waals surface area contributed by atoms with Crippen LogP contribution in [0.4, 0.5) is 0 Å². The van der Waals surface area contributed by atoms with Crippen LogP contribution < -0.4 is 5.32 Å². The maximum Gasteiger partial charge on any atom is 0.316 e. The summed E-state index contributed by atoms with van der Waals surface area (Å²) in [5.74, 6) is -0.110. The quantitative estimate of drug-likeness (QED) is 0.715. The second-order valence-electron chi connectivity index (χ2n) is 5.20. The van der Waals surface area contributed by atoms with Crippen molar-refractivity contribution in [3.63, 3.8) is 0 Å².